The second-order valence-electron chi connectivity index (χ2n) is 6.49. The van der Waals surface area contributed by atoms with Gasteiger partial charge in [-0.25, -0.2) is 0 Å². The summed E-state index contributed by atoms with van der Waals surface area (Å²) < 4.78 is 15.5. The summed E-state index contributed by atoms with van der Waals surface area (Å²) in [7, 11) is 0. The van der Waals surface area contributed by atoms with Crippen LogP contribution in [0.3, 0.4) is 0 Å². The van der Waals surface area contributed by atoms with Crippen molar-refractivity contribution in [1.82, 2.24) is 0 Å². The zero-order valence-corrected chi connectivity index (χ0v) is 13.9. The molecule has 1 unspecified atom stereocenters. The van der Waals surface area contributed by atoms with Gasteiger partial charge in [0.15, 0.2) is 6.29 Å². The van der Waals surface area contributed by atoms with Crippen LogP contribution < -0.4 is 0 Å². The Morgan fingerprint density at radius 1 is 0.846 bits per heavy atom. The molecule has 0 aromatic carbocycles. The molecule has 0 amide bonds. The number of hydrogen-bond donors (Lipinski definition) is 9. The van der Waals surface area contributed by atoms with Gasteiger partial charge in [-0.15, -0.1) is 0 Å². The fourth-order valence-electron chi connectivity index (χ4n) is 2.99. The van der Waals surface area contributed by atoms with E-state index in [0.717, 1.165) is 0 Å². The highest BCUT2D eigenvalue weighted by Crippen LogP contribution is 2.34. The van der Waals surface area contributed by atoms with Crippen LogP contribution in [-0.2, 0) is 14.2 Å². The predicted molar refractivity (Wildman–Crippen MR) is 79.2 cm³/mol. The van der Waals surface area contributed by atoms with Crippen molar-refractivity contribution in [2.45, 2.75) is 73.9 Å². The lowest BCUT2D eigenvalue weighted by molar-refractivity contribution is -0.400. The van der Waals surface area contributed by atoms with Crippen molar-refractivity contribution in [2.24, 2.45) is 0 Å². The summed E-state index contributed by atoms with van der Waals surface area (Å²) in [6.45, 7) is -0.288. The predicted octanol–water partition coefficient (Wildman–Crippen LogP) is -5.65. The third-order valence-electron chi connectivity index (χ3n) is 4.77. The quantitative estimate of drug-likeness (QED) is 0.216. The number of ether oxygens (including phenoxy) is 3. The van der Waals surface area contributed by atoms with Crippen LogP contribution in [0.4, 0.5) is 0 Å². The van der Waals surface area contributed by atoms with Crippen LogP contribution in [0.15, 0.2) is 0 Å². The maximum atomic E-state index is 10.6. The molecule has 12 nitrogen and oxygen atoms in total. The minimum Gasteiger partial charge on any atom is -0.394 e. The van der Waals surface area contributed by atoms with Crippen LogP contribution in [-0.4, -0.2) is 126 Å². The molecule has 2 fully saturated rings. The topological polar surface area (TPSA) is 210 Å². The number of aliphatic hydroxyl groups excluding tert-OH is 8. The smallest absolute Gasteiger partial charge is 0.222 e. The van der Waals surface area contributed by atoms with E-state index in [-0.39, 0.29) is 0 Å². The third-order valence-corrected chi connectivity index (χ3v) is 4.77. The lowest BCUT2D eigenvalue weighted by Gasteiger charge is -2.49. The Balaban J connectivity index is 2.15. The molecule has 2 aliphatic rings. The van der Waals surface area contributed by atoms with E-state index < -0.39 is 80.2 Å². The average Bonchev–Trinajstić information content (AvgIpc) is 2.63. The van der Waals surface area contributed by atoms with Gasteiger partial charge in [0.2, 0.25) is 5.79 Å². The van der Waals surface area contributed by atoms with E-state index >= 15 is 0 Å². The summed E-state index contributed by atoms with van der Waals surface area (Å²) in [5.41, 5.74) is 0. The van der Waals surface area contributed by atoms with E-state index in [2.05, 4.69) is 0 Å². The molecule has 0 bridgehead atoms. The Morgan fingerprint density at radius 3 is 1.92 bits per heavy atom. The summed E-state index contributed by atoms with van der Waals surface area (Å²) >= 11 is 0. The minimum absolute atomic E-state index is 0.694. The van der Waals surface area contributed by atoms with Crippen molar-refractivity contribution in [3.8, 4) is 0 Å². The monoisotopic (exact) mass is 386 g/mol. The summed E-state index contributed by atoms with van der Waals surface area (Å²) in [5, 5.41) is 88.0. The maximum absolute atomic E-state index is 10.6. The van der Waals surface area contributed by atoms with E-state index in [1.807, 2.05) is 0 Å². The normalized spacial score (nSPS) is 51.2. The van der Waals surface area contributed by atoms with Crippen LogP contribution in [0.2, 0.25) is 0 Å². The molecule has 9 N–H and O–H groups in total. The number of hydrogen-bond acceptors (Lipinski definition) is 12. The van der Waals surface area contributed by atoms with Gasteiger partial charge in [-0.05, 0) is 6.92 Å². The highest BCUT2D eigenvalue weighted by Gasteiger charge is 2.57. The highest BCUT2D eigenvalue weighted by molar-refractivity contribution is 4.99. The molecule has 0 aromatic rings. The lowest BCUT2D eigenvalue weighted by atomic mass is 9.89. The molecule has 2 saturated heterocycles. The van der Waals surface area contributed by atoms with E-state index in [1.54, 1.807) is 0 Å². The SMILES string of the molecule is CC(O[C@H]1O[C@H](CO)[C@@H](O)[C@H](O)[C@H]1O)[C@@]1(O)O[C@H](CO)[C@@H](O)[C@H](O)[C@H]1O. The van der Waals surface area contributed by atoms with Gasteiger partial charge < -0.3 is 60.2 Å². The van der Waals surface area contributed by atoms with E-state index in [1.165, 1.54) is 6.92 Å². The van der Waals surface area contributed by atoms with Gasteiger partial charge >= 0.3 is 0 Å². The van der Waals surface area contributed by atoms with Gasteiger partial charge in [0, 0.05) is 0 Å². The van der Waals surface area contributed by atoms with E-state index in [9.17, 15) is 40.9 Å². The first-order valence-electron chi connectivity index (χ1n) is 8.09. The second-order valence-corrected chi connectivity index (χ2v) is 6.49. The summed E-state index contributed by atoms with van der Waals surface area (Å²) in [6.07, 6.45) is -16.5. The summed E-state index contributed by atoms with van der Waals surface area (Å²) in [5.74, 6) is -2.61. The van der Waals surface area contributed by atoms with Crippen molar-refractivity contribution >= 4 is 0 Å². The molecule has 0 aliphatic carbocycles. The molecule has 0 aromatic heterocycles. The van der Waals surface area contributed by atoms with Crippen LogP contribution in [0.25, 0.3) is 0 Å². The average molecular weight is 386 g/mol. The van der Waals surface area contributed by atoms with Crippen LogP contribution >= 0.6 is 0 Å². The Labute approximate surface area is 148 Å². The molecular formula is C14H26O12. The summed E-state index contributed by atoms with van der Waals surface area (Å²) in [6, 6.07) is 0. The Hall–Kier alpha value is -0.480. The molecule has 2 aliphatic heterocycles. The van der Waals surface area contributed by atoms with Crippen molar-refractivity contribution in [1.29, 1.82) is 0 Å². The fourth-order valence-corrected chi connectivity index (χ4v) is 2.99. The van der Waals surface area contributed by atoms with Crippen molar-refractivity contribution in [3.05, 3.63) is 0 Å². The first-order valence-corrected chi connectivity index (χ1v) is 8.09. The lowest BCUT2D eigenvalue weighted by Crippen LogP contribution is -2.70. The van der Waals surface area contributed by atoms with Crippen molar-refractivity contribution in [2.75, 3.05) is 13.2 Å². The van der Waals surface area contributed by atoms with Gasteiger partial charge in [0.25, 0.3) is 0 Å². The third kappa shape index (κ3) is 3.73. The zero-order valence-electron chi connectivity index (χ0n) is 13.9. The molecule has 0 radical (unpaired) electrons. The number of aliphatic hydroxyl groups is 9. The van der Waals surface area contributed by atoms with Gasteiger partial charge in [0.05, 0.1) is 13.2 Å². The van der Waals surface area contributed by atoms with Gasteiger partial charge in [-0.2, -0.15) is 0 Å². The van der Waals surface area contributed by atoms with Gasteiger partial charge in [-0.3, -0.25) is 0 Å². The van der Waals surface area contributed by atoms with Crippen LogP contribution in [0, 0.1) is 0 Å². The van der Waals surface area contributed by atoms with Crippen molar-refractivity contribution < 1.29 is 60.2 Å². The molecule has 11 atom stereocenters. The largest absolute Gasteiger partial charge is 0.394 e. The molecule has 0 saturated carbocycles. The fraction of sp³-hybridized carbons (Fsp3) is 1.00. The Morgan fingerprint density at radius 2 is 1.38 bits per heavy atom. The Kier molecular flexibility index (Phi) is 6.93. The van der Waals surface area contributed by atoms with Crippen LogP contribution in [0.5, 0.6) is 0 Å². The second kappa shape index (κ2) is 8.26. The molecule has 12 heteroatoms. The molecule has 26 heavy (non-hydrogen) atoms. The zero-order chi connectivity index (χ0) is 19.8. The molecule has 2 rings (SSSR count). The van der Waals surface area contributed by atoms with E-state index in [4.69, 9.17) is 19.3 Å². The molecular weight excluding hydrogens is 360 g/mol. The molecule has 154 valence electrons. The first kappa shape index (κ1) is 21.8. The van der Waals surface area contributed by atoms with Crippen molar-refractivity contribution in [3.63, 3.8) is 0 Å². The standard InChI is InChI=1S/C14H26O12/c1-4(14(23)12(22)10(20)8(18)6(3-16)26-14)24-13-11(21)9(19)7(17)5(2-15)25-13/h4-13,15-23H,2-3H2,1H3/t4?,5-,6-,7-,8-,9+,10+,11-,12-,13+,14-/m1/s1. The number of rotatable bonds is 5. The van der Waals surface area contributed by atoms with Gasteiger partial charge in [-0.1, -0.05) is 0 Å². The molecule has 2 heterocycles. The molecule has 0 spiro atoms. The van der Waals surface area contributed by atoms with Gasteiger partial charge in [0.1, 0.15) is 54.9 Å². The summed E-state index contributed by atoms with van der Waals surface area (Å²) in [4.78, 5) is 0. The maximum Gasteiger partial charge on any atom is 0.222 e. The minimum atomic E-state index is -2.61. The highest BCUT2D eigenvalue weighted by atomic mass is 16.7. The Bertz CT molecular complexity index is 461. The first-order chi connectivity index (χ1) is 12.1. The van der Waals surface area contributed by atoms with Crippen LogP contribution in [0.1, 0.15) is 6.92 Å². The van der Waals surface area contributed by atoms with E-state index in [0.29, 0.717) is 0 Å².